The minimum atomic E-state index is -1.41. The Morgan fingerprint density at radius 2 is 0.945 bits per heavy atom. The molecule has 5 aliphatic heterocycles. The topological polar surface area (TPSA) is 206 Å². The molecule has 91 heavy (non-hydrogen) atoms. The molecule has 492 valence electrons. The summed E-state index contributed by atoms with van der Waals surface area (Å²) in [5.41, 5.74) is 4.60. The molecule has 5 heterocycles. The van der Waals surface area contributed by atoms with E-state index in [2.05, 4.69) is 18.5 Å². The van der Waals surface area contributed by atoms with E-state index in [0.717, 1.165) is 27.8 Å². The second-order valence-electron chi connectivity index (χ2n) is 23.8. The number of hydrogen-bond acceptors (Lipinski definition) is 19. The fraction of sp³-hybridized carbons (Fsp3) is 0.507. The summed E-state index contributed by atoms with van der Waals surface area (Å²) >= 11 is 0. The summed E-state index contributed by atoms with van der Waals surface area (Å²) in [5.74, 6) is -1.52. The van der Waals surface area contributed by atoms with Gasteiger partial charge in [0.2, 0.25) is 5.91 Å². The largest absolute Gasteiger partial charge is 0.388 e. The van der Waals surface area contributed by atoms with Crippen molar-refractivity contribution in [3.8, 4) is 0 Å². The van der Waals surface area contributed by atoms with Gasteiger partial charge in [0.25, 0.3) is 0 Å². The lowest BCUT2D eigenvalue weighted by molar-refractivity contribution is -0.412. The van der Waals surface area contributed by atoms with E-state index >= 15 is 0 Å². The van der Waals surface area contributed by atoms with Crippen molar-refractivity contribution < 1.29 is 90.4 Å². The molecule has 5 saturated heterocycles. The molecule has 5 fully saturated rings. The van der Waals surface area contributed by atoms with Crippen LogP contribution in [0.5, 0.6) is 0 Å². The van der Waals surface area contributed by atoms with Crippen LogP contribution in [0.2, 0.25) is 0 Å². The van der Waals surface area contributed by atoms with Crippen LogP contribution < -0.4 is 5.32 Å². The first-order chi connectivity index (χ1) is 44.3. The number of carbonyl (C=O) groups is 1. The van der Waals surface area contributed by atoms with Crippen LogP contribution in [-0.2, 0) is 118 Å². The van der Waals surface area contributed by atoms with Crippen molar-refractivity contribution >= 4 is 5.91 Å². The van der Waals surface area contributed by atoms with Gasteiger partial charge in [-0.05, 0) is 55.5 Å². The Bertz CT molecular complexity index is 2950. The van der Waals surface area contributed by atoms with Crippen LogP contribution in [-0.4, -0.2) is 173 Å². The van der Waals surface area contributed by atoms with E-state index in [1.807, 2.05) is 166 Å². The number of amides is 1. The van der Waals surface area contributed by atoms with Gasteiger partial charge in [-0.15, -0.1) is 13.2 Å². The van der Waals surface area contributed by atoms with Gasteiger partial charge in [-0.2, -0.15) is 0 Å². The van der Waals surface area contributed by atoms with E-state index < -0.39 is 134 Å². The van der Waals surface area contributed by atoms with E-state index in [9.17, 15) is 9.90 Å². The molecule has 20 heteroatoms. The molecule has 0 unspecified atom stereocenters. The van der Waals surface area contributed by atoms with Crippen molar-refractivity contribution in [1.82, 2.24) is 5.32 Å². The van der Waals surface area contributed by atoms with E-state index in [4.69, 9.17) is 80.5 Å². The molecule has 10 rings (SSSR count). The van der Waals surface area contributed by atoms with Crippen LogP contribution in [0.3, 0.4) is 0 Å². The average Bonchev–Trinajstić information content (AvgIpc) is 1.06. The van der Waals surface area contributed by atoms with Crippen LogP contribution in [0.1, 0.15) is 62.4 Å². The van der Waals surface area contributed by atoms with Crippen LogP contribution in [0, 0.1) is 0 Å². The summed E-state index contributed by atoms with van der Waals surface area (Å²) in [7, 11) is 1.51. The van der Waals surface area contributed by atoms with Crippen molar-refractivity contribution in [2.45, 2.75) is 196 Å². The van der Waals surface area contributed by atoms with Crippen molar-refractivity contribution in [1.29, 1.82) is 0 Å². The van der Waals surface area contributed by atoms with Gasteiger partial charge in [0, 0.05) is 14.0 Å². The predicted octanol–water partition coefficient (Wildman–Crippen LogP) is 8.45. The highest BCUT2D eigenvalue weighted by Gasteiger charge is 2.59. The highest BCUT2D eigenvalue weighted by atomic mass is 16.8. The lowest BCUT2D eigenvalue weighted by Crippen LogP contribution is -2.70. The molecule has 20 atom stereocenters. The van der Waals surface area contributed by atoms with E-state index in [1.54, 1.807) is 26.0 Å². The molecule has 0 saturated carbocycles. The van der Waals surface area contributed by atoms with Gasteiger partial charge in [0.05, 0.1) is 71.7 Å². The molecular weight excluding hydrogens is 1170 g/mol. The third kappa shape index (κ3) is 18.2. The van der Waals surface area contributed by atoms with Gasteiger partial charge in [0.1, 0.15) is 85.4 Å². The normalized spacial score (nSPS) is 33.1. The zero-order valence-electron chi connectivity index (χ0n) is 52.7. The Kier molecular flexibility index (Phi) is 25.1. The number of fused-ring (bicyclic) bond motifs is 1. The Morgan fingerprint density at radius 1 is 0.527 bits per heavy atom. The maximum absolute atomic E-state index is 13.1. The van der Waals surface area contributed by atoms with Gasteiger partial charge in [-0.25, -0.2) is 0 Å². The first-order valence-electron chi connectivity index (χ1n) is 31.4. The fourth-order valence-corrected chi connectivity index (χ4v) is 12.1. The summed E-state index contributed by atoms with van der Waals surface area (Å²) in [4.78, 5) is 13.1. The minimum absolute atomic E-state index is 0.0365. The molecule has 0 radical (unpaired) electrons. The SMILES string of the molecule is C=CCO[C@@H]1[C@@H](OCC=C)[C@H](C)O[C@@H](O[C@H]2[C@H](OC)O[C@@H](C)[C@H](OCc3ccccc3)[C@H]2O[C@H]2O[C@H](COCc3ccccc3)[C@@H](OCc3ccccc3)[C@H](OCc3ccccc3)[C@H]2OCc2ccccc2)[C@@H]1O[C@@H]1O[C@@H]2COC(C)(C)O[C@H]2[C@H](O)[C@H]1NC(C)=O. The number of methoxy groups -OCH3 is 1. The molecule has 2 N–H and O–H groups in total. The van der Waals surface area contributed by atoms with Crippen molar-refractivity contribution in [3.63, 3.8) is 0 Å². The number of hydrogen-bond donors (Lipinski definition) is 2. The lowest BCUT2D eigenvalue weighted by Gasteiger charge is -2.53. The van der Waals surface area contributed by atoms with E-state index in [0.29, 0.717) is 0 Å². The summed E-state index contributed by atoms with van der Waals surface area (Å²) in [5, 5.41) is 15.0. The van der Waals surface area contributed by atoms with Crippen LogP contribution in [0.25, 0.3) is 0 Å². The molecule has 20 nitrogen and oxygen atoms in total. The van der Waals surface area contributed by atoms with Crippen LogP contribution >= 0.6 is 0 Å². The average molecular weight is 1260 g/mol. The molecule has 0 aromatic heterocycles. The van der Waals surface area contributed by atoms with E-state index in [1.165, 1.54) is 14.0 Å². The smallest absolute Gasteiger partial charge is 0.217 e. The Morgan fingerprint density at radius 3 is 1.46 bits per heavy atom. The number of benzene rings is 5. The fourth-order valence-electron chi connectivity index (χ4n) is 12.1. The standard InChI is InChI=1S/C71H89NO19/c1-9-36-77-57-45(3)85-70(65(61(57)78-37-10-2)89-67-55(72-47(5)73)56(74)59-54(86-67)44-83-71(6,7)91-59)90-66-63(58(46(4)84-68(66)75-8)79-39-49-28-18-12-19-29-49)88-69-64(82-42-52-34-24-15-25-35-52)62(81-41-51-32-22-14-23-33-51)60(80-40-50-30-20-13-21-31-50)53(87-69)43-76-38-48-26-16-11-17-27-48/h9-35,45-46,53-70,74H,1-2,36-44H2,3-8H3,(H,72,73)/t45-,46-,53+,54+,55+,56+,57-,58-,59+,60+,61+,62-,63+,64+,65+,66+,67-,68+,69+,70-/m0/s1. The van der Waals surface area contributed by atoms with E-state index in [-0.39, 0.29) is 59.5 Å². The third-order valence-electron chi connectivity index (χ3n) is 16.6. The number of ether oxygens (including phenoxy) is 17. The van der Waals surface area contributed by atoms with Gasteiger partial charge in [0.15, 0.2) is 30.9 Å². The summed E-state index contributed by atoms with van der Waals surface area (Å²) in [6.45, 7) is 17.6. The molecular formula is C71H89NO19. The maximum atomic E-state index is 13.1. The van der Waals surface area contributed by atoms with Gasteiger partial charge in [-0.1, -0.05) is 164 Å². The van der Waals surface area contributed by atoms with Crippen molar-refractivity contribution in [2.75, 3.05) is 33.5 Å². The summed E-state index contributed by atoms with van der Waals surface area (Å²) in [6.07, 6.45) is -16.5. The van der Waals surface area contributed by atoms with Crippen molar-refractivity contribution in [3.05, 3.63) is 205 Å². The van der Waals surface area contributed by atoms with Crippen LogP contribution in [0.4, 0.5) is 0 Å². The zero-order valence-corrected chi connectivity index (χ0v) is 52.7. The molecule has 1 amide bonds. The third-order valence-corrected chi connectivity index (χ3v) is 16.6. The highest BCUT2D eigenvalue weighted by molar-refractivity contribution is 5.73. The number of aliphatic hydroxyl groups is 1. The van der Waals surface area contributed by atoms with Crippen molar-refractivity contribution in [2.24, 2.45) is 0 Å². The maximum Gasteiger partial charge on any atom is 0.217 e. The molecule has 0 bridgehead atoms. The monoisotopic (exact) mass is 1260 g/mol. The van der Waals surface area contributed by atoms with Gasteiger partial charge >= 0.3 is 0 Å². The summed E-state index contributed by atoms with van der Waals surface area (Å²) < 4.78 is 117. The quantitative estimate of drug-likeness (QED) is 0.0414. The van der Waals surface area contributed by atoms with Gasteiger partial charge in [-0.3, -0.25) is 4.79 Å². The highest BCUT2D eigenvalue weighted by Crippen LogP contribution is 2.41. The van der Waals surface area contributed by atoms with Gasteiger partial charge < -0.3 is 90.9 Å². The predicted molar refractivity (Wildman–Crippen MR) is 332 cm³/mol. The number of aliphatic hydroxyl groups excluding tert-OH is 1. The second-order valence-corrected chi connectivity index (χ2v) is 23.8. The summed E-state index contributed by atoms with van der Waals surface area (Å²) in [6, 6.07) is 48.1. The minimum Gasteiger partial charge on any atom is -0.388 e. The zero-order chi connectivity index (χ0) is 63.7. The molecule has 5 aromatic rings. The Hall–Kier alpha value is -5.67. The molecule has 0 spiro atoms. The molecule has 5 aromatic carbocycles. The Balaban J connectivity index is 1.07. The lowest BCUT2D eigenvalue weighted by atomic mass is 9.94. The molecule has 0 aliphatic carbocycles. The number of nitrogens with one attached hydrogen (secondary N) is 1. The first kappa shape index (κ1) is 68.2. The first-order valence-corrected chi connectivity index (χ1v) is 31.4. The number of rotatable bonds is 30. The molecule has 5 aliphatic rings. The Labute approximate surface area is 534 Å². The number of carbonyl (C=O) groups excluding carboxylic acids is 1. The second kappa shape index (κ2) is 33.4. The van der Waals surface area contributed by atoms with Crippen LogP contribution in [0.15, 0.2) is 177 Å².